The van der Waals surface area contributed by atoms with Gasteiger partial charge in [0, 0.05) is 45.2 Å². The number of fused-ring (bicyclic) bond motifs is 1. The molecule has 3 heterocycles. The van der Waals surface area contributed by atoms with Gasteiger partial charge < -0.3 is 19.9 Å². The number of aromatic amines is 1. The maximum atomic E-state index is 12.6. The molecule has 1 aromatic heterocycles. The number of nitrogens with one attached hydrogen (secondary N) is 2. The maximum Gasteiger partial charge on any atom is 0.317 e. The summed E-state index contributed by atoms with van der Waals surface area (Å²) in [6, 6.07) is 0.00223. The number of likely N-dealkylation sites (tertiary alicyclic amines) is 2. The third-order valence-corrected chi connectivity index (χ3v) is 5.33. The molecular weight excluding hydrogens is 336 g/mol. The van der Waals surface area contributed by atoms with Crippen LogP contribution in [0, 0.1) is 12.8 Å². The molecule has 144 valence electrons. The van der Waals surface area contributed by atoms with Gasteiger partial charge in [-0.25, -0.2) is 9.78 Å². The second kappa shape index (κ2) is 7.22. The first-order valence-electron chi connectivity index (χ1n) is 9.07. The van der Waals surface area contributed by atoms with E-state index in [0.29, 0.717) is 26.2 Å². The summed E-state index contributed by atoms with van der Waals surface area (Å²) >= 11 is 0. The van der Waals surface area contributed by atoms with Gasteiger partial charge >= 0.3 is 6.03 Å². The SMILES string of the molecule is COCC(=O)N1CC[C@@]2(c3n[nH]c(C)n3)CN(C(=O)NC(C)C)C[C@H]2C1. The van der Waals surface area contributed by atoms with E-state index < -0.39 is 0 Å². The normalized spacial score (nSPS) is 25.5. The molecular formula is C17H28N6O3. The highest BCUT2D eigenvalue weighted by molar-refractivity contribution is 5.78. The van der Waals surface area contributed by atoms with Crippen LogP contribution in [0.15, 0.2) is 0 Å². The van der Waals surface area contributed by atoms with E-state index in [0.717, 1.165) is 18.1 Å². The largest absolute Gasteiger partial charge is 0.375 e. The van der Waals surface area contributed by atoms with Gasteiger partial charge in [0.15, 0.2) is 5.82 Å². The number of piperidine rings is 1. The lowest BCUT2D eigenvalue weighted by atomic mass is 9.72. The van der Waals surface area contributed by atoms with Crippen LogP contribution in [0.25, 0.3) is 0 Å². The van der Waals surface area contributed by atoms with Crippen molar-refractivity contribution in [1.82, 2.24) is 30.3 Å². The number of nitrogens with zero attached hydrogens (tertiary/aromatic N) is 4. The van der Waals surface area contributed by atoms with Crippen molar-refractivity contribution in [2.45, 2.75) is 38.6 Å². The van der Waals surface area contributed by atoms with Crippen LogP contribution in [0.3, 0.4) is 0 Å². The van der Waals surface area contributed by atoms with Crippen molar-refractivity contribution in [1.29, 1.82) is 0 Å². The Hall–Kier alpha value is -2.16. The highest BCUT2D eigenvalue weighted by atomic mass is 16.5. The third kappa shape index (κ3) is 3.40. The van der Waals surface area contributed by atoms with Gasteiger partial charge in [0.05, 0.1) is 5.41 Å². The van der Waals surface area contributed by atoms with E-state index in [9.17, 15) is 9.59 Å². The molecule has 3 amide bonds. The van der Waals surface area contributed by atoms with Gasteiger partial charge in [-0.1, -0.05) is 0 Å². The zero-order chi connectivity index (χ0) is 18.9. The first kappa shape index (κ1) is 18.6. The van der Waals surface area contributed by atoms with Crippen LogP contribution in [-0.4, -0.2) is 82.9 Å². The van der Waals surface area contributed by atoms with Crippen LogP contribution < -0.4 is 5.32 Å². The molecule has 2 atom stereocenters. The van der Waals surface area contributed by atoms with E-state index >= 15 is 0 Å². The van der Waals surface area contributed by atoms with Crippen molar-refractivity contribution in [3.8, 4) is 0 Å². The summed E-state index contributed by atoms with van der Waals surface area (Å²) in [6.07, 6.45) is 0.732. The molecule has 9 nitrogen and oxygen atoms in total. The van der Waals surface area contributed by atoms with Gasteiger partial charge in [0.2, 0.25) is 5.91 Å². The molecule has 0 aromatic carbocycles. The number of H-pyrrole nitrogens is 1. The number of carbonyl (C=O) groups excluding carboxylic acids is 2. The molecule has 1 aromatic rings. The van der Waals surface area contributed by atoms with Gasteiger partial charge in [-0.15, -0.1) is 0 Å². The third-order valence-electron chi connectivity index (χ3n) is 5.33. The molecule has 9 heteroatoms. The molecule has 0 aliphatic carbocycles. The number of aromatic nitrogens is 3. The lowest BCUT2D eigenvalue weighted by Gasteiger charge is -2.41. The van der Waals surface area contributed by atoms with Gasteiger partial charge in [-0.05, 0) is 27.2 Å². The van der Waals surface area contributed by atoms with Crippen LogP contribution in [0.2, 0.25) is 0 Å². The van der Waals surface area contributed by atoms with Gasteiger partial charge in [0.1, 0.15) is 12.4 Å². The predicted molar refractivity (Wildman–Crippen MR) is 94.6 cm³/mol. The summed E-state index contributed by atoms with van der Waals surface area (Å²) in [7, 11) is 1.52. The van der Waals surface area contributed by atoms with E-state index in [4.69, 9.17) is 4.74 Å². The van der Waals surface area contributed by atoms with E-state index in [1.54, 1.807) is 0 Å². The predicted octanol–water partition coefficient (Wildman–Crippen LogP) is 0.279. The molecule has 26 heavy (non-hydrogen) atoms. The number of hydrogen-bond acceptors (Lipinski definition) is 5. The zero-order valence-corrected chi connectivity index (χ0v) is 15.9. The Kier molecular flexibility index (Phi) is 5.17. The molecule has 2 aliphatic rings. The highest BCUT2D eigenvalue weighted by Gasteiger charge is 2.54. The van der Waals surface area contributed by atoms with Gasteiger partial charge in [0.25, 0.3) is 0 Å². The number of rotatable bonds is 4. The van der Waals surface area contributed by atoms with E-state index in [2.05, 4.69) is 20.5 Å². The van der Waals surface area contributed by atoms with Crippen LogP contribution in [-0.2, 0) is 14.9 Å². The highest BCUT2D eigenvalue weighted by Crippen LogP contribution is 2.44. The fourth-order valence-corrected chi connectivity index (χ4v) is 4.05. The molecule has 0 unspecified atom stereocenters. The molecule has 2 N–H and O–H groups in total. The van der Waals surface area contributed by atoms with E-state index in [1.807, 2.05) is 30.6 Å². The number of ether oxygens (including phenoxy) is 1. The molecule has 2 saturated heterocycles. The average Bonchev–Trinajstić information content (AvgIpc) is 3.18. The Balaban J connectivity index is 1.84. The van der Waals surface area contributed by atoms with Crippen molar-refractivity contribution in [2.75, 3.05) is 39.9 Å². The topological polar surface area (TPSA) is 103 Å². The second-order valence-electron chi connectivity index (χ2n) is 7.60. The van der Waals surface area contributed by atoms with Crippen LogP contribution in [0.4, 0.5) is 4.79 Å². The Morgan fingerprint density at radius 2 is 2.12 bits per heavy atom. The smallest absolute Gasteiger partial charge is 0.317 e. The molecule has 0 bridgehead atoms. The standard InChI is InChI=1S/C17H28N6O3/c1-11(2)18-16(25)23-8-13-7-22(14(24)9-26-4)6-5-17(13,10-23)15-19-12(3)20-21-15/h11,13H,5-10H2,1-4H3,(H,18,25)(H,19,20,21)/t13-,17-/m1/s1. The minimum atomic E-state index is -0.317. The number of aryl methyl sites for hydroxylation is 1. The fraction of sp³-hybridized carbons (Fsp3) is 0.765. The molecule has 0 spiro atoms. The summed E-state index contributed by atoms with van der Waals surface area (Å²) in [5.41, 5.74) is -0.317. The van der Waals surface area contributed by atoms with Crippen LogP contribution >= 0.6 is 0 Å². The monoisotopic (exact) mass is 364 g/mol. The Morgan fingerprint density at radius 1 is 1.38 bits per heavy atom. The van der Waals surface area contributed by atoms with Crippen molar-refractivity contribution < 1.29 is 14.3 Å². The zero-order valence-electron chi connectivity index (χ0n) is 15.9. The maximum absolute atomic E-state index is 12.6. The average molecular weight is 364 g/mol. The number of urea groups is 1. The first-order valence-corrected chi connectivity index (χ1v) is 9.07. The van der Waals surface area contributed by atoms with Crippen molar-refractivity contribution in [3.05, 3.63) is 11.6 Å². The van der Waals surface area contributed by atoms with Crippen molar-refractivity contribution in [3.63, 3.8) is 0 Å². The summed E-state index contributed by atoms with van der Waals surface area (Å²) in [6.45, 7) is 8.20. The summed E-state index contributed by atoms with van der Waals surface area (Å²) < 4.78 is 4.99. The first-order chi connectivity index (χ1) is 12.4. The quantitative estimate of drug-likeness (QED) is 0.799. The Morgan fingerprint density at radius 3 is 2.73 bits per heavy atom. The number of hydrogen-bond donors (Lipinski definition) is 2. The molecule has 3 rings (SSSR count). The number of amides is 3. The summed E-state index contributed by atoms with van der Waals surface area (Å²) in [5, 5.41) is 10.3. The van der Waals surface area contributed by atoms with Gasteiger partial charge in [-0.2, -0.15) is 5.10 Å². The minimum Gasteiger partial charge on any atom is -0.375 e. The number of carbonyl (C=O) groups is 2. The number of methoxy groups -OCH3 is 1. The molecule has 0 radical (unpaired) electrons. The molecule has 0 saturated carbocycles. The fourth-order valence-electron chi connectivity index (χ4n) is 4.05. The van der Waals surface area contributed by atoms with Crippen LogP contribution in [0.1, 0.15) is 31.9 Å². The van der Waals surface area contributed by atoms with Crippen LogP contribution in [0.5, 0.6) is 0 Å². The Bertz CT molecular complexity index is 675. The summed E-state index contributed by atoms with van der Waals surface area (Å²) in [5.74, 6) is 1.59. The lowest BCUT2D eigenvalue weighted by Crippen LogP contribution is -2.52. The minimum absolute atomic E-state index is 0.0163. The Labute approximate surface area is 153 Å². The van der Waals surface area contributed by atoms with E-state index in [-0.39, 0.29) is 35.9 Å². The van der Waals surface area contributed by atoms with Crippen molar-refractivity contribution in [2.24, 2.45) is 5.92 Å². The second-order valence-corrected chi connectivity index (χ2v) is 7.60. The van der Waals surface area contributed by atoms with Gasteiger partial charge in [-0.3, -0.25) is 9.89 Å². The lowest BCUT2D eigenvalue weighted by molar-refractivity contribution is -0.137. The van der Waals surface area contributed by atoms with Crippen molar-refractivity contribution >= 4 is 11.9 Å². The molecule has 2 aliphatic heterocycles. The summed E-state index contributed by atoms with van der Waals surface area (Å²) in [4.78, 5) is 33.1. The molecule has 2 fully saturated rings. The van der Waals surface area contributed by atoms with E-state index in [1.165, 1.54) is 7.11 Å².